The second kappa shape index (κ2) is 6.80. The number of halogens is 2. The van der Waals surface area contributed by atoms with Crippen LogP contribution in [-0.2, 0) is 0 Å². The van der Waals surface area contributed by atoms with Crippen molar-refractivity contribution in [2.75, 3.05) is 0 Å². The van der Waals surface area contributed by atoms with E-state index < -0.39 is 34.7 Å². The van der Waals surface area contributed by atoms with Gasteiger partial charge in [0.25, 0.3) is 5.88 Å². The van der Waals surface area contributed by atoms with Crippen molar-refractivity contribution in [1.29, 1.82) is 0 Å². The van der Waals surface area contributed by atoms with E-state index in [9.17, 15) is 13.6 Å². The van der Waals surface area contributed by atoms with Crippen LogP contribution in [0.5, 0.6) is 11.6 Å². The monoisotopic (exact) mass is 341 g/mol. The minimum absolute atomic E-state index is 0.267. The van der Waals surface area contributed by atoms with Crippen molar-refractivity contribution >= 4 is 5.97 Å². The third-order valence-electron chi connectivity index (χ3n) is 3.07. The fraction of sp³-hybridized carbons (Fsp3) is 0. The minimum atomic E-state index is -1.37. The predicted molar refractivity (Wildman–Crippen MR) is 82.2 cm³/mol. The Morgan fingerprint density at radius 3 is 2.44 bits per heavy atom. The molecule has 0 saturated carbocycles. The van der Waals surface area contributed by atoms with Gasteiger partial charge in [0.1, 0.15) is 17.4 Å². The third kappa shape index (κ3) is 3.61. The van der Waals surface area contributed by atoms with Crippen LogP contribution in [0.1, 0.15) is 21.6 Å². The van der Waals surface area contributed by atoms with Crippen LogP contribution in [0.3, 0.4) is 0 Å². The molecule has 2 aromatic carbocycles. The highest BCUT2D eigenvalue weighted by Crippen LogP contribution is 2.25. The summed E-state index contributed by atoms with van der Waals surface area (Å²) in [6.07, 6.45) is 0. The first-order valence-electron chi connectivity index (χ1n) is 6.93. The molecule has 0 fully saturated rings. The van der Waals surface area contributed by atoms with Crippen molar-refractivity contribution in [2.24, 2.45) is 0 Å². The number of carboxylic acid groups (broad SMARTS) is 1. The average Bonchev–Trinajstić information content (AvgIpc) is 3.03. The van der Waals surface area contributed by atoms with E-state index in [0.717, 1.165) is 12.1 Å². The van der Waals surface area contributed by atoms with Gasteiger partial charge in [-0.2, -0.15) is 0 Å². The average molecular weight is 341 g/mol. The predicted octanol–water partition coefficient (Wildman–Crippen LogP) is 2.97. The molecule has 0 amide bonds. The molecule has 1 aromatic heterocycles. The zero-order valence-corrected chi connectivity index (χ0v) is 12.5. The third-order valence-corrected chi connectivity index (χ3v) is 3.07. The number of rotatable bonds is 3. The molecule has 2 N–H and O–H groups in total. The standard InChI is InChI=1S/C17H9F2N3O3/c18-13-8-11(25-16-15(17(23)24)20-22-21-16)9-14(19)12(13)7-6-10-4-2-1-3-5-10/h1-5,8-9H,(H,23,24)(H,20,21,22). The van der Waals surface area contributed by atoms with E-state index in [1.54, 1.807) is 30.3 Å². The molecule has 124 valence electrons. The Morgan fingerprint density at radius 2 is 1.80 bits per heavy atom. The molecule has 25 heavy (non-hydrogen) atoms. The van der Waals surface area contributed by atoms with Gasteiger partial charge in [-0.3, -0.25) is 0 Å². The number of carbonyl (C=O) groups is 1. The molecule has 0 saturated heterocycles. The molecule has 3 aromatic rings. The second-order valence-electron chi connectivity index (χ2n) is 4.78. The van der Waals surface area contributed by atoms with Gasteiger partial charge in [0.15, 0.2) is 0 Å². The molecular weight excluding hydrogens is 332 g/mol. The lowest BCUT2D eigenvalue weighted by molar-refractivity contribution is 0.0687. The Bertz CT molecular complexity index is 968. The lowest BCUT2D eigenvalue weighted by atomic mass is 10.1. The van der Waals surface area contributed by atoms with Gasteiger partial charge >= 0.3 is 5.97 Å². The van der Waals surface area contributed by atoms with Gasteiger partial charge < -0.3 is 9.84 Å². The summed E-state index contributed by atoms with van der Waals surface area (Å²) in [7, 11) is 0. The Hall–Kier alpha value is -3.73. The van der Waals surface area contributed by atoms with E-state index >= 15 is 0 Å². The van der Waals surface area contributed by atoms with Crippen molar-refractivity contribution in [3.8, 4) is 23.5 Å². The summed E-state index contributed by atoms with van der Waals surface area (Å²) in [6.45, 7) is 0. The van der Waals surface area contributed by atoms with Gasteiger partial charge in [0.05, 0.1) is 5.56 Å². The Kier molecular flexibility index (Phi) is 4.39. The second-order valence-corrected chi connectivity index (χ2v) is 4.78. The molecule has 0 radical (unpaired) electrons. The first kappa shape index (κ1) is 16.1. The molecule has 0 aliphatic rings. The van der Waals surface area contributed by atoms with Crippen molar-refractivity contribution in [3.05, 3.63) is 70.9 Å². The number of hydrogen-bond donors (Lipinski definition) is 2. The molecule has 0 bridgehead atoms. The molecule has 6 nitrogen and oxygen atoms in total. The van der Waals surface area contributed by atoms with E-state index in [1.807, 2.05) is 0 Å². The number of carboxylic acids is 1. The number of aromatic carboxylic acids is 1. The maximum atomic E-state index is 14.1. The van der Waals surface area contributed by atoms with Crippen molar-refractivity contribution < 1.29 is 23.4 Å². The zero-order chi connectivity index (χ0) is 17.8. The van der Waals surface area contributed by atoms with E-state index in [-0.39, 0.29) is 5.75 Å². The van der Waals surface area contributed by atoms with Gasteiger partial charge in [-0.1, -0.05) is 40.4 Å². The number of hydrogen-bond acceptors (Lipinski definition) is 4. The fourth-order valence-corrected chi connectivity index (χ4v) is 1.92. The molecule has 8 heteroatoms. The van der Waals surface area contributed by atoms with Gasteiger partial charge in [-0.15, -0.1) is 0 Å². The number of aromatic nitrogens is 3. The maximum Gasteiger partial charge on any atom is 0.359 e. The van der Waals surface area contributed by atoms with Crippen LogP contribution in [-0.4, -0.2) is 26.5 Å². The number of benzene rings is 2. The summed E-state index contributed by atoms with van der Waals surface area (Å²) in [4.78, 5) is 10.9. The summed E-state index contributed by atoms with van der Waals surface area (Å²) < 4.78 is 33.3. The van der Waals surface area contributed by atoms with Crippen LogP contribution in [0.15, 0.2) is 42.5 Å². The molecule has 1 heterocycles. The smallest absolute Gasteiger partial charge is 0.359 e. The molecule has 0 aliphatic heterocycles. The number of aromatic amines is 1. The van der Waals surface area contributed by atoms with Crippen LogP contribution in [0.2, 0.25) is 0 Å². The maximum absolute atomic E-state index is 14.1. The minimum Gasteiger partial charge on any atom is -0.476 e. The van der Waals surface area contributed by atoms with E-state index in [2.05, 4.69) is 27.3 Å². The van der Waals surface area contributed by atoms with Crippen LogP contribution < -0.4 is 4.74 Å². The normalized spacial score (nSPS) is 10.0. The summed E-state index contributed by atoms with van der Waals surface area (Å²) in [6, 6.07) is 10.5. The van der Waals surface area contributed by atoms with Crippen LogP contribution in [0, 0.1) is 23.5 Å². The summed E-state index contributed by atoms with van der Waals surface area (Å²) >= 11 is 0. The van der Waals surface area contributed by atoms with Crippen molar-refractivity contribution in [1.82, 2.24) is 15.4 Å². The van der Waals surface area contributed by atoms with Gasteiger partial charge in [0.2, 0.25) is 5.69 Å². The summed E-state index contributed by atoms with van der Waals surface area (Å²) in [5, 5.41) is 17.7. The lowest BCUT2D eigenvalue weighted by Crippen LogP contribution is -2.00. The van der Waals surface area contributed by atoms with Crippen LogP contribution >= 0.6 is 0 Å². The van der Waals surface area contributed by atoms with Crippen molar-refractivity contribution in [2.45, 2.75) is 0 Å². The number of nitrogens with one attached hydrogen (secondary N) is 1. The quantitative estimate of drug-likeness (QED) is 0.715. The van der Waals surface area contributed by atoms with E-state index in [0.29, 0.717) is 5.56 Å². The molecule has 0 unspecified atom stereocenters. The van der Waals surface area contributed by atoms with Gasteiger partial charge in [-0.05, 0) is 12.1 Å². The summed E-state index contributed by atoms with van der Waals surface area (Å²) in [5.74, 6) is 1.15. The molecular formula is C17H9F2N3O3. The number of H-pyrrole nitrogens is 1. The van der Waals surface area contributed by atoms with Crippen LogP contribution in [0.25, 0.3) is 0 Å². The first-order valence-corrected chi connectivity index (χ1v) is 6.93. The lowest BCUT2D eigenvalue weighted by Gasteiger charge is -2.05. The van der Waals surface area contributed by atoms with Crippen LogP contribution in [0.4, 0.5) is 8.78 Å². The Labute approximate surface area is 140 Å². The summed E-state index contributed by atoms with van der Waals surface area (Å²) in [5.41, 5.74) is -0.251. The van der Waals surface area contributed by atoms with E-state index in [4.69, 9.17) is 9.84 Å². The SMILES string of the molecule is O=C(O)c1[nH]nnc1Oc1cc(F)c(C#Cc2ccccc2)c(F)c1. The zero-order valence-electron chi connectivity index (χ0n) is 12.5. The molecule has 0 aliphatic carbocycles. The van der Waals surface area contributed by atoms with Gasteiger partial charge in [0, 0.05) is 17.7 Å². The van der Waals surface area contributed by atoms with E-state index in [1.165, 1.54) is 0 Å². The first-order chi connectivity index (χ1) is 12.0. The topological polar surface area (TPSA) is 88.1 Å². The molecule has 0 spiro atoms. The number of nitrogens with zero attached hydrogens (tertiary/aromatic N) is 2. The number of ether oxygens (including phenoxy) is 1. The van der Waals surface area contributed by atoms with Gasteiger partial charge in [-0.25, -0.2) is 18.7 Å². The highest BCUT2D eigenvalue weighted by Gasteiger charge is 2.18. The highest BCUT2D eigenvalue weighted by molar-refractivity contribution is 5.87. The largest absolute Gasteiger partial charge is 0.476 e. The Morgan fingerprint density at radius 1 is 1.12 bits per heavy atom. The Balaban J connectivity index is 1.89. The van der Waals surface area contributed by atoms with Crippen molar-refractivity contribution in [3.63, 3.8) is 0 Å². The highest BCUT2D eigenvalue weighted by atomic mass is 19.1. The molecule has 3 rings (SSSR count). The fourth-order valence-electron chi connectivity index (χ4n) is 1.92. The molecule has 0 atom stereocenters.